The van der Waals surface area contributed by atoms with Crippen molar-refractivity contribution < 1.29 is 0 Å². The van der Waals surface area contributed by atoms with E-state index in [0.717, 1.165) is 36.8 Å². The summed E-state index contributed by atoms with van der Waals surface area (Å²) in [5, 5.41) is 3.44. The Morgan fingerprint density at radius 1 is 0.806 bits per heavy atom. The Labute approximate surface area is 188 Å². The third-order valence-electron chi connectivity index (χ3n) is 6.52. The Morgan fingerprint density at radius 2 is 1.58 bits per heavy atom. The second-order valence-corrected chi connectivity index (χ2v) is 9.40. The predicted molar refractivity (Wildman–Crippen MR) is 133 cm³/mol. The van der Waals surface area contributed by atoms with Crippen LogP contribution in [-0.4, -0.2) is 36.1 Å². The van der Waals surface area contributed by atoms with Crippen molar-refractivity contribution in [1.29, 1.82) is 0 Å². The summed E-state index contributed by atoms with van der Waals surface area (Å²) in [5.41, 5.74) is 9.23. The average Bonchev–Trinajstić information content (AvgIpc) is 3.20. The lowest BCUT2D eigenvalue weighted by atomic mass is 9.99. The molecule has 0 atom stereocenters. The van der Waals surface area contributed by atoms with Crippen LogP contribution in [0.1, 0.15) is 22.3 Å². The van der Waals surface area contributed by atoms with E-state index in [1.807, 2.05) is 0 Å². The summed E-state index contributed by atoms with van der Waals surface area (Å²) in [6, 6.07) is 13.3. The number of aromatic nitrogens is 2. The zero-order chi connectivity index (χ0) is 21.5. The van der Waals surface area contributed by atoms with E-state index in [1.165, 1.54) is 44.5 Å². The molecule has 1 aliphatic heterocycles. The number of benzene rings is 2. The number of nitrogens with zero attached hydrogens (tertiary/aromatic N) is 4. The Kier molecular flexibility index (Phi) is 5.14. The molecule has 0 amide bonds. The molecule has 0 N–H and O–H groups in total. The van der Waals surface area contributed by atoms with Gasteiger partial charge in [-0.25, -0.2) is 9.97 Å². The van der Waals surface area contributed by atoms with Gasteiger partial charge in [-0.2, -0.15) is 0 Å². The maximum atomic E-state index is 4.77. The van der Waals surface area contributed by atoms with Gasteiger partial charge in [0.25, 0.3) is 0 Å². The van der Waals surface area contributed by atoms with Gasteiger partial charge >= 0.3 is 0 Å². The first-order valence-electron chi connectivity index (χ1n) is 10.9. The third-order valence-corrected chi connectivity index (χ3v) is 7.40. The largest absolute Gasteiger partial charge is 0.368 e. The number of fused-ring (bicyclic) bond motifs is 1. The van der Waals surface area contributed by atoms with Crippen LogP contribution in [0.15, 0.2) is 48.1 Å². The molecule has 0 unspecified atom stereocenters. The molecule has 4 nitrogen and oxygen atoms in total. The summed E-state index contributed by atoms with van der Waals surface area (Å²) < 4.78 is 0. The highest BCUT2D eigenvalue weighted by Crippen LogP contribution is 2.39. The minimum Gasteiger partial charge on any atom is -0.368 e. The average molecular weight is 429 g/mol. The maximum absolute atomic E-state index is 4.77. The molecule has 158 valence electrons. The Balaban J connectivity index is 1.48. The van der Waals surface area contributed by atoms with Crippen LogP contribution in [0.4, 0.5) is 11.5 Å². The van der Waals surface area contributed by atoms with Gasteiger partial charge in [0.15, 0.2) is 0 Å². The van der Waals surface area contributed by atoms with E-state index in [-0.39, 0.29) is 0 Å². The lowest BCUT2D eigenvalue weighted by Crippen LogP contribution is -2.47. The minimum absolute atomic E-state index is 0.960. The van der Waals surface area contributed by atoms with E-state index in [9.17, 15) is 0 Å². The first-order valence-corrected chi connectivity index (χ1v) is 11.8. The fourth-order valence-corrected chi connectivity index (χ4v) is 5.55. The van der Waals surface area contributed by atoms with Crippen molar-refractivity contribution in [2.45, 2.75) is 27.7 Å². The molecule has 1 saturated heterocycles. The highest BCUT2D eigenvalue weighted by molar-refractivity contribution is 7.17. The number of hydrogen-bond donors (Lipinski definition) is 0. The van der Waals surface area contributed by atoms with Crippen molar-refractivity contribution in [3.05, 3.63) is 70.4 Å². The number of hydrogen-bond acceptors (Lipinski definition) is 5. The lowest BCUT2D eigenvalue weighted by molar-refractivity contribution is 0.647. The van der Waals surface area contributed by atoms with Crippen LogP contribution < -0.4 is 9.80 Å². The van der Waals surface area contributed by atoms with Crippen LogP contribution >= 0.6 is 11.3 Å². The molecule has 0 radical (unpaired) electrons. The van der Waals surface area contributed by atoms with Crippen molar-refractivity contribution in [1.82, 2.24) is 9.97 Å². The smallest absolute Gasteiger partial charge is 0.141 e. The minimum atomic E-state index is 0.960. The van der Waals surface area contributed by atoms with Crippen molar-refractivity contribution >= 4 is 33.1 Å². The van der Waals surface area contributed by atoms with Crippen molar-refractivity contribution in [3.8, 4) is 11.1 Å². The van der Waals surface area contributed by atoms with Crippen LogP contribution in [0.5, 0.6) is 0 Å². The Morgan fingerprint density at radius 3 is 2.35 bits per heavy atom. The number of piperazine rings is 1. The normalized spacial score (nSPS) is 14.5. The predicted octanol–water partition coefficient (Wildman–Crippen LogP) is 5.92. The molecule has 5 heteroatoms. The highest BCUT2D eigenvalue weighted by atomic mass is 32.1. The van der Waals surface area contributed by atoms with Crippen LogP contribution in [0.25, 0.3) is 21.3 Å². The van der Waals surface area contributed by atoms with E-state index in [1.54, 1.807) is 17.7 Å². The van der Waals surface area contributed by atoms with Crippen molar-refractivity contribution in [2.75, 3.05) is 36.0 Å². The quantitative estimate of drug-likeness (QED) is 0.405. The van der Waals surface area contributed by atoms with Gasteiger partial charge in [-0.15, -0.1) is 11.3 Å². The van der Waals surface area contributed by atoms with Crippen molar-refractivity contribution in [2.24, 2.45) is 0 Å². The summed E-state index contributed by atoms with van der Waals surface area (Å²) in [7, 11) is 0. The zero-order valence-electron chi connectivity index (χ0n) is 18.6. The standard InChI is InChI=1S/C26H28N4S/c1-17-8-9-21(19(3)14-17)22-15-31-26-24(22)25(27-16-28-26)30-12-10-29(11-13-30)23-7-5-6-18(2)20(23)4/h5-9,14-16H,10-13H2,1-4H3. The second kappa shape index (κ2) is 7.97. The van der Waals surface area contributed by atoms with Crippen LogP contribution in [0.3, 0.4) is 0 Å². The molecule has 0 saturated carbocycles. The summed E-state index contributed by atoms with van der Waals surface area (Å²) in [6.45, 7) is 12.7. The maximum Gasteiger partial charge on any atom is 0.141 e. The molecule has 0 aliphatic carbocycles. The number of thiophene rings is 1. The van der Waals surface area contributed by atoms with E-state index in [2.05, 4.69) is 84.3 Å². The van der Waals surface area contributed by atoms with Gasteiger partial charge < -0.3 is 9.80 Å². The summed E-state index contributed by atoms with van der Waals surface area (Å²) in [4.78, 5) is 15.4. The van der Waals surface area contributed by atoms with Gasteiger partial charge in [0.1, 0.15) is 17.0 Å². The molecular weight excluding hydrogens is 400 g/mol. The topological polar surface area (TPSA) is 32.3 Å². The molecule has 2 aromatic heterocycles. The fraction of sp³-hybridized carbons (Fsp3) is 0.308. The third kappa shape index (κ3) is 3.57. The molecule has 0 bridgehead atoms. The van der Waals surface area contributed by atoms with Gasteiger partial charge in [-0.05, 0) is 56.0 Å². The molecule has 4 aromatic rings. The van der Waals surface area contributed by atoms with Gasteiger partial charge in [0, 0.05) is 42.8 Å². The first-order chi connectivity index (χ1) is 15.0. The number of rotatable bonds is 3. The molecular formula is C26H28N4S. The van der Waals surface area contributed by atoms with Gasteiger partial charge in [-0.3, -0.25) is 0 Å². The van der Waals surface area contributed by atoms with E-state index in [0.29, 0.717) is 0 Å². The number of anilines is 2. The van der Waals surface area contributed by atoms with E-state index < -0.39 is 0 Å². The SMILES string of the molecule is Cc1ccc(-c2csc3ncnc(N4CCN(c5cccc(C)c5C)CC4)c23)c(C)c1. The van der Waals surface area contributed by atoms with Crippen molar-refractivity contribution in [3.63, 3.8) is 0 Å². The fourth-order valence-electron chi connectivity index (χ4n) is 4.65. The monoisotopic (exact) mass is 428 g/mol. The number of aryl methyl sites for hydroxylation is 3. The Bertz CT molecular complexity index is 1250. The van der Waals surface area contributed by atoms with Gasteiger partial charge in [-0.1, -0.05) is 35.9 Å². The van der Waals surface area contributed by atoms with Crippen LogP contribution in [0.2, 0.25) is 0 Å². The van der Waals surface area contributed by atoms with E-state index >= 15 is 0 Å². The molecule has 0 spiro atoms. The molecule has 1 fully saturated rings. The zero-order valence-corrected chi connectivity index (χ0v) is 19.5. The van der Waals surface area contributed by atoms with Crippen LogP contribution in [0, 0.1) is 27.7 Å². The summed E-state index contributed by atoms with van der Waals surface area (Å²) >= 11 is 1.71. The van der Waals surface area contributed by atoms with Gasteiger partial charge in [0.2, 0.25) is 0 Å². The van der Waals surface area contributed by atoms with Crippen LogP contribution in [-0.2, 0) is 0 Å². The summed E-state index contributed by atoms with van der Waals surface area (Å²) in [6.07, 6.45) is 1.72. The van der Waals surface area contributed by atoms with Gasteiger partial charge in [0.05, 0.1) is 5.39 Å². The second-order valence-electron chi connectivity index (χ2n) is 8.54. The molecule has 2 aromatic carbocycles. The molecule has 3 heterocycles. The molecule has 5 rings (SSSR count). The molecule has 1 aliphatic rings. The highest BCUT2D eigenvalue weighted by Gasteiger charge is 2.23. The lowest BCUT2D eigenvalue weighted by Gasteiger charge is -2.37. The summed E-state index contributed by atoms with van der Waals surface area (Å²) in [5.74, 6) is 1.07. The molecule has 31 heavy (non-hydrogen) atoms. The Hall–Kier alpha value is -2.92. The first kappa shape index (κ1) is 20.0. The van der Waals surface area contributed by atoms with E-state index in [4.69, 9.17) is 4.98 Å².